The summed E-state index contributed by atoms with van der Waals surface area (Å²) in [5.74, 6) is -0.549. The molecule has 0 aliphatic heterocycles. The van der Waals surface area contributed by atoms with E-state index in [-0.39, 0.29) is 12.1 Å². The molecule has 5 aromatic heterocycles. The largest absolute Gasteiger partial charge is 0.387 e. The van der Waals surface area contributed by atoms with Gasteiger partial charge in [0, 0.05) is 36.5 Å². The molecule has 1 amide bonds. The maximum Gasteiger partial charge on any atom is 0.255 e. The third-order valence-electron chi connectivity index (χ3n) is 5.93. The first-order valence-electron chi connectivity index (χ1n) is 11.5. The molecule has 0 aliphatic rings. The van der Waals surface area contributed by atoms with Gasteiger partial charge in [0.25, 0.3) is 5.91 Å². The molecular formula is C26H23FN8O2. The summed E-state index contributed by atoms with van der Waals surface area (Å²) in [4.78, 5) is 21.8. The van der Waals surface area contributed by atoms with Crippen LogP contribution >= 0.6 is 0 Å². The fourth-order valence-corrected chi connectivity index (χ4v) is 3.80. The molecular weight excluding hydrogens is 475 g/mol. The molecule has 0 aliphatic carbocycles. The van der Waals surface area contributed by atoms with Crippen LogP contribution in [0.25, 0.3) is 22.6 Å². The number of aliphatic hydroxyl groups is 1. The average Bonchev–Trinajstić information content (AvgIpc) is 3.52. The van der Waals surface area contributed by atoms with Gasteiger partial charge in [-0.05, 0) is 44.2 Å². The van der Waals surface area contributed by atoms with Gasteiger partial charge in [0.2, 0.25) is 0 Å². The number of alkyl halides is 1. The van der Waals surface area contributed by atoms with Crippen LogP contribution in [0.4, 0.5) is 15.8 Å². The van der Waals surface area contributed by atoms with E-state index in [1.807, 2.05) is 41.1 Å². The van der Waals surface area contributed by atoms with E-state index in [0.29, 0.717) is 34.0 Å². The summed E-state index contributed by atoms with van der Waals surface area (Å²) in [6.45, 7) is 2.32. The van der Waals surface area contributed by atoms with Gasteiger partial charge < -0.3 is 20.1 Å². The third-order valence-corrected chi connectivity index (χ3v) is 5.93. The number of aromatic nitrogens is 5. The van der Waals surface area contributed by atoms with Gasteiger partial charge in [0.05, 0.1) is 52.1 Å². The van der Waals surface area contributed by atoms with Crippen molar-refractivity contribution >= 4 is 28.4 Å². The highest BCUT2D eigenvalue weighted by atomic mass is 19.1. The van der Waals surface area contributed by atoms with Crippen LogP contribution in [0.15, 0.2) is 67.4 Å². The first kappa shape index (κ1) is 23.9. The van der Waals surface area contributed by atoms with Crippen molar-refractivity contribution in [2.45, 2.75) is 25.6 Å². The maximum atomic E-state index is 14.3. The number of anilines is 2. The van der Waals surface area contributed by atoms with Gasteiger partial charge in [-0.3, -0.25) is 9.78 Å². The molecule has 0 aromatic carbocycles. The Bertz CT molecular complexity index is 1660. The zero-order valence-corrected chi connectivity index (χ0v) is 20.1. The van der Waals surface area contributed by atoms with Crippen LogP contribution in [0.2, 0.25) is 0 Å². The Kier molecular flexibility index (Phi) is 6.02. The number of nitriles is 1. The number of hydrogen-bond acceptors (Lipinski definition) is 7. The molecule has 5 rings (SSSR count). The van der Waals surface area contributed by atoms with Gasteiger partial charge in [0.15, 0.2) is 0 Å². The zero-order chi connectivity index (χ0) is 26.2. The molecule has 0 saturated heterocycles. The number of carbonyl (C=O) groups is 1. The molecule has 37 heavy (non-hydrogen) atoms. The summed E-state index contributed by atoms with van der Waals surface area (Å²) in [5, 5.41) is 29.1. The smallest absolute Gasteiger partial charge is 0.255 e. The van der Waals surface area contributed by atoms with E-state index < -0.39 is 17.7 Å². The normalized spacial score (nSPS) is 12.4. The monoisotopic (exact) mass is 498 g/mol. The van der Waals surface area contributed by atoms with Gasteiger partial charge in [-0.1, -0.05) is 0 Å². The van der Waals surface area contributed by atoms with Crippen molar-refractivity contribution in [3.05, 3.63) is 78.5 Å². The molecule has 0 bridgehead atoms. The van der Waals surface area contributed by atoms with Crippen molar-refractivity contribution in [3.8, 4) is 17.5 Å². The Morgan fingerprint density at radius 2 is 2.03 bits per heavy atom. The second-order valence-electron chi connectivity index (χ2n) is 9.09. The fraction of sp³-hybridized carbons (Fsp3) is 0.192. The van der Waals surface area contributed by atoms with E-state index in [0.717, 1.165) is 5.52 Å². The predicted octanol–water partition coefficient (Wildman–Crippen LogP) is 3.50. The van der Waals surface area contributed by atoms with Gasteiger partial charge in [-0.25, -0.2) is 13.9 Å². The highest BCUT2D eigenvalue weighted by Crippen LogP contribution is 2.28. The van der Waals surface area contributed by atoms with Gasteiger partial charge in [0.1, 0.15) is 17.9 Å². The topological polar surface area (TPSA) is 133 Å². The molecule has 0 radical (unpaired) electrons. The number of fused-ring (bicyclic) bond motifs is 2. The van der Waals surface area contributed by atoms with Crippen LogP contribution < -0.4 is 10.6 Å². The van der Waals surface area contributed by atoms with E-state index >= 15 is 0 Å². The number of carbonyl (C=O) groups excluding carboxylic acids is 1. The SMILES string of the molecule is CC(C)(O)C(F)CNC(=O)c1cnc(-c2ccc3cc(C#N)cnn23)cc1Nc1ccn2ccnc2c1. The Morgan fingerprint density at radius 1 is 1.19 bits per heavy atom. The molecule has 10 nitrogen and oxygen atoms in total. The highest BCUT2D eigenvalue weighted by Gasteiger charge is 2.27. The van der Waals surface area contributed by atoms with Gasteiger partial charge in [-0.2, -0.15) is 10.4 Å². The number of rotatable bonds is 7. The van der Waals surface area contributed by atoms with Crippen LogP contribution in [0.1, 0.15) is 29.8 Å². The van der Waals surface area contributed by atoms with Crippen molar-refractivity contribution in [1.29, 1.82) is 5.26 Å². The molecule has 5 aromatic rings. The molecule has 1 unspecified atom stereocenters. The fourth-order valence-electron chi connectivity index (χ4n) is 3.80. The van der Waals surface area contributed by atoms with Crippen LogP contribution in [-0.2, 0) is 0 Å². The lowest BCUT2D eigenvalue weighted by Gasteiger charge is -2.22. The number of hydrogen-bond donors (Lipinski definition) is 3. The minimum absolute atomic E-state index is 0.190. The van der Waals surface area contributed by atoms with Crippen LogP contribution in [-0.4, -0.2) is 53.3 Å². The molecule has 1 atom stereocenters. The van der Waals surface area contributed by atoms with Crippen molar-refractivity contribution in [2.75, 3.05) is 11.9 Å². The minimum Gasteiger partial charge on any atom is -0.387 e. The average molecular weight is 499 g/mol. The van der Waals surface area contributed by atoms with Gasteiger partial charge >= 0.3 is 0 Å². The van der Waals surface area contributed by atoms with E-state index in [2.05, 4.69) is 31.8 Å². The minimum atomic E-state index is -1.65. The molecule has 0 saturated carbocycles. The molecule has 186 valence electrons. The Balaban J connectivity index is 1.52. The summed E-state index contributed by atoms with van der Waals surface area (Å²) in [6, 6.07) is 12.8. The van der Waals surface area contributed by atoms with E-state index in [1.54, 1.807) is 22.8 Å². The molecule has 11 heteroatoms. The van der Waals surface area contributed by atoms with Crippen LogP contribution in [0.3, 0.4) is 0 Å². The maximum absolute atomic E-state index is 14.3. The molecule has 5 heterocycles. The first-order valence-corrected chi connectivity index (χ1v) is 11.5. The quantitative estimate of drug-likeness (QED) is 0.313. The Morgan fingerprint density at radius 3 is 2.81 bits per heavy atom. The van der Waals surface area contributed by atoms with E-state index in [9.17, 15) is 14.3 Å². The predicted molar refractivity (Wildman–Crippen MR) is 135 cm³/mol. The summed E-state index contributed by atoms with van der Waals surface area (Å²) in [6.07, 6.45) is 6.55. The van der Waals surface area contributed by atoms with Crippen molar-refractivity contribution in [2.24, 2.45) is 0 Å². The molecule has 0 spiro atoms. The Hall–Kier alpha value is -4.82. The lowest BCUT2D eigenvalue weighted by molar-refractivity contribution is -0.00177. The van der Waals surface area contributed by atoms with E-state index in [1.165, 1.54) is 26.2 Å². The van der Waals surface area contributed by atoms with Crippen molar-refractivity contribution in [1.82, 2.24) is 29.3 Å². The lowest BCUT2D eigenvalue weighted by atomic mass is 10.0. The second-order valence-corrected chi connectivity index (χ2v) is 9.09. The second kappa shape index (κ2) is 9.33. The number of pyridine rings is 2. The number of nitrogens with zero attached hydrogens (tertiary/aromatic N) is 6. The van der Waals surface area contributed by atoms with Gasteiger partial charge in [-0.15, -0.1) is 0 Å². The van der Waals surface area contributed by atoms with Crippen LogP contribution in [0.5, 0.6) is 0 Å². The van der Waals surface area contributed by atoms with Crippen molar-refractivity contribution < 1.29 is 14.3 Å². The molecule has 3 N–H and O–H groups in total. The number of imidazole rings is 1. The van der Waals surface area contributed by atoms with Crippen LogP contribution in [0, 0.1) is 11.3 Å². The van der Waals surface area contributed by atoms with Crippen molar-refractivity contribution in [3.63, 3.8) is 0 Å². The summed E-state index contributed by atoms with van der Waals surface area (Å²) >= 11 is 0. The summed E-state index contributed by atoms with van der Waals surface area (Å²) in [7, 11) is 0. The standard InChI is InChI=1S/C26H23FN8O2/c1-26(2,37)23(27)15-31-25(36)19-14-30-21(22-4-3-18-9-16(12-28)13-32-35(18)22)11-20(19)33-17-5-7-34-8-6-29-24(34)10-17/h3-11,13-14,23,37H,15H2,1-2H3,(H,30,33)(H,31,36). The highest BCUT2D eigenvalue weighted by molar-refractivity contribution is 6.00. The lowest BCUT2D eigenvalue weighted by Crippen LogP contribution is -2.42. The number of halogens is 1. The first-order chi connectivity index (χ1) is 17.7. The zero-order valence-electron chi connectivity index (χ0n) is 20.1. The third kappa shape index (κ3) is 4.82. The number of amides is 1. The number of nitrogens with one attached hydrogen (secondary N) is 2. The molecule has 0 fully saturated rings. The van der Waals surface area contributed by atoms with E-state index in [4.69, 9.17) is 5.26 Å². The Labute approximate surface area is 211 Å². The summed E-state index contributed by atoms with van der Waals surface area (Å²) < 4.78 is 17.8. The summed E-state index contributed by atoms with van der Waals surface area (Å²) in [5.41, 5.74) is 2.76.